The lowest BCUT2D eigenvalue weighted by atomic mass is 9.80. The maximum atomic E-state index is 10.8. The van der Waals surface area contributed by atoms with Gasteiger partial charge in [-0.1, -0.05) is 32.5 Å². The third-order valence-corrected chi connectivity index (χ3v) is 4.98. The Bertz CT molecular complexity index is 479. The zero-order chi connectivity index (χ0) is 15.4. The van der Waals surface area contributed by atoms with Gasteiger partial charge in [0.2, 0.25) is 0 Å². The van der Waals surface area contributed by atoms with E-state index in [4.69, 9.17) is 5.11 Å². The summed E-state index contributed by atoms with van der Waals surface area (Å²) in [5.74, 6) is 1.65. The summed E-state index contributed by atoms with van der Waals surface area (Å²) in [5.41, 5.74) is 0. The average Bonchev–Trinajstić information content (AvgIpc) is 2.78. The minimum absolute atomic E-state index is 0.0437. The Morgan fingerprint density at radius 3 is 2.52 bits per heavy atom. The molecule has 1 fully saturated rings. The van der Waals surface area contributed by atoms with Gasteiger partial charge in [0.25, 0.3) is 0 Å². The molecule has 2 unspecified atom stereocenters. The molecular weight excluding hydrogens is 286 g/mol. The smallest absolute Gasteiger partial charge is 0.313 e. The van der Waals surface area contributed by atoms with Crippen molar-refractivity contribution in [1.82, 2.24) is 14.8 Å². The van der Waals surface area contributed by atoms with Gasteiger partial charge in [0.05, 0.1) is 5.75 Å². The molecule has 0 radical (unpaired) electrons. The highest BCUT2D eigenvalue weighted by atomic mass is 32.2. The number of hydrogen-bond donors (Lipinski definition) is 1. The number of aryl methyl sites for hydroxylation is 1. The molecule has 0 saturated heterocycles. The van der Waals surface area contributed by atoms with E-state index in [1.807, 2.05) is 0 Å². The summed E-state index contributed by atoms with van der Waals surface area (Å²) in [6.07, 6.45) is 5.48. The van der Waals surface area contributed by atoms with Crippen molar-refractivity contribution in [3.05, 3.63) is 5.82 Å². The number of carboxylic acids is 1. The highest BCUT2D eigenvalue weighted by Gasteiger charge is 2.29. The fourth-order valence-corrected chi connectivity index (χ4v) is 4.15. The van der Waals surface area contributed by atoms with Gasteiger partial charge in [-0.15, -0.1) is 10.2 Å². The van der Waals surface area contributed by atoms with E-state index in [2.05, 4.69) is 35.5 Å². The van der Waals surface area contributed by atoms with Crippen LogP contribution in [-0.4, -0.2) is 31.6 Å². The normalized spacial score (nSPS) is 26.0. The van der Waals surface area contributed by atoms with E-state index in [1.165, 1.54) is 18.2 Å². The third-order valence-electron chi connectivity index (χ3n) is 4.05. The monoisotopic (exact) mass is 311 g/mol. The van der Waals surface area contributed by atoms with Crippen LogP contribution in [0.1, 0.15) is 58.3 Å². The minimum Gasteiger partial charge on any atom is -0.481 e. The molecule has 5 nitrogen and oxygen atoms in total. The molecule has 1 heterocycles. The van der Waals surface area contributed by atoms with Crippen LogP contribution in [0.3, 0.4) is 0 Å². The van der Waals surface area contributed by atoms with Crippen molar-refractivity contribution in [2.45, 2.75) is 64.1 Å². The molecule has 0 amide bonds. The van der Waals surface area contributed by atoms with Crippen molar-refractivity contribution in [3.63, 3.8) is 0 Å². The quantitative estimate of drug-likeness (QED) is 0.815. The fraction of sp³-hybridized carbons (Fsp3) is 0.800. The molecule has 1 aliphatic rings. The van der Waals surface area contributed by atoms with Gasteiger partial charge >= 0.3 is 5.97 Å². The van der Waals surface area contributed by atoms with E-state index in [0.29, 0.717) is 17.9 Å². The molecule has 6 heteroatoms. The summed E-state index contributed by atoms with van der Waals surface area (Å²) in [6.45, 7) is 6.74. The van der Waals surface area contributed by atoms with Crippen molar-refractivity contribution in [3.8, 4) is 0 Å². The van der Waals surface area contributed by atoms with Crippen LogP contribution in [0.2, 0.25) is 0 Å². The zero-order valence-corrected chi connectivity index (χ0v) is 13.9. The summed E-state index contributed by atoms with van der Waals surface area (Å²) >= 11 is 1.29. The Balaban J connectivity index is 2.24. The molecule has 21 heavy (non-hydrogen) atoms. The second kappa shape index (κ2) is 7.29. The van der Waals surface area contributed by atoms with E-state index >= 15 is 0 Å². The van der Waals surface area contributed by atoms with Crippen LogP contribution < -0.4 is 0 Å². The lowest BCUT2D eigenvalue weighted by Gasteiger charge is -2.33. The Hall–Kier alpha value is -1.04. The third kappa shape index (κ3) is 4.22. The number of aromatic nitrogens is 3. The molecule has 1 aliphatic carbocycles. The largest absolute Gasteiger partial charge is 0.481 e. The minimum atomic E-state index is -0.808. The van der Waals surface area contributed by atoms with Gasteiger partial charge in [0.15, 0.2) is 5.16 Å². The van der Waals surface area contributed by atoms with Gasteiger partial charge in [0, 0.05) is 12.5 Å². The van der Waals surface area contributed by atoms with E-state index in [-0.39, 0.29) is 5.75 Å². The maximum absolute atomic E-state index is 10.8. The zero-order valence-electron chi connectivity index (χ0n) is 13.1. The van der Waals surface area contributed by atoms with E-state index in [1.54, 1.807) is 0 Å². The molecule has 118 valence electrons. The molecule has 1 aromatic heterocycles. The molecule has 1 saturated carbocycles. The molecule has 0 bridgehead atoms. The molecule has 0 aromatic carbocycles. The summed E-state index contributed by atoms with van der Waals surface area (Å²) in [5, 5.41) is 18.2. The van der Waals surface area contributed by atoms with Crippen LogP contribution in [0.5, 0.6) is 0 Å². The second-order valence-corrected chi connectivity index (χ2v) is 7.21. The number of carbonyl (C=O) groups is 1. The van der Waals surface area contributed by atoms with Crippen LogP contribution in [0.15, 0.2) is 5.16 Å². The van der Waals surface area contributed by atoms with Crippen LogP contribution in [0.4, 0.5) is 0 Å². The first-order valence-corrected chi connectivity index (χ1v) is 8.78. The van der Waals surface area contributed by atoms with E-state index in [0.717, 1.165) is 36.7 Å². The number of nitrogens with zero attached hydrogens (tertiary/aromatic N) is 3. The number of hydrogen-bond acceptors (Lipinski definition) is 4. The van der Waals surface area contributed by atoms with Crippen molar-refractivity contribution in [1.29, 1.82) is 0 Å². The van der Waals surface area contributed by atoms with Crippen LogP contribution in [0, 0.1) is 11.8 Å². The van der Waals surface area contributed by atoms with E-state index < -0.39 is 5.97 Å². The number of thioether (sulfide) groups is 1. The summed E-state index contributed by atoms with van der Waals surface area (Å²) in [6, 6.07) is 0.414. The lowest BCUT2D eigenvalue weighted by Crippen LogP contribution is -2.24. The van der Waals surface area contributed by atoms with Crippen LogP contribution >= 0.6 is 11.8 Å². The highest BCUT2D eigenvalue weighted by Crippen LogP contribution is 2.38. The molecule has 2 atom stereocenters. The Morgan fingerprint density at radius 1 is 1.29 bits per heavy atom. The molecule has 0 aliphatic heterocycles. The Kier molecular flexibility index (Phi) is 5.67. The number of carboxylic acid groups (broad SMARTS) is 1. The molecule has 1 aromatic rings. The molecular formula is C15H25N3O2S. The number of aliphatic carboxylic acids is 1. The standard InChI is InChI=1S/C15H25N3O2S/c1-4-5-13-16-17-15(21-9-14(19)20)18(13)12-7-10(2)6-11(3)8-12/h10-12H,4-9H2,1-3H3,(H,19,20). The topological polar surface area (TPSA) is 68.0 Å². The van der Waals surface area contributed by atoms with Crippen molar-refractivity contribution in [2.24, 2.45) is 11.8 Å². The highest BCUT2D eigenvalue weighted by molar-refractivity contribution is 7.99. The van der Waals surface area contributed by atoms with Crippen LogP contribution in [-0.2, 0) is 11.2 Å². The number of rotatable bonds is 6. The summed E-state index contributed by atoms with van der Waals surface area (Å²) in [4.78, 5) is 10.8. The van der Waals surface area contributed by atoms with Gasteiger partial charge in [0.1, 0.15) is 5.82 Å². The predicted octanol–water partition coefficient (Wildman–Crippen LogP) is 3.40. The van der Waals surface area contributed by atoms with Gasteiger partial charge in [-0.25, -0.2) is 0 Å². The maximum Gasteiger partial charge on any atom is 0.313 e. The van der Waals surface area contributed by atoms with Crippen molar-refractivity contribution < 1.29 is 9.90 Å². The Morgan fingerprint density at radius 2 is 1.95 bits per heavy atom. The van der Waals surface area contributed by atoms with Gasteiger partial charge in [-0.05, 0) is 37.5 Å². The van der Waals surface area contributed by atoms with Crippen molar-refractivity contribution >= 4 is 17.7 Å². The first-order valence-electron chi connectivity index (χ1n) is 7.79. The van der Waals surface area contributed by atoms with Crippen LogP contribution in [0.25, 0.3) is 0 Å². The molecule has 0 spiro atoms. The SMILES string of the molecule is CCCc1nnc(SCC(=O)O)n1C1CC(C)CC(C)C1. The first-order chi connectivity index (χ1) is 10.0. The molecule has 1 N–H and O–H groups in total. The molecule has 2 rings (SSSR count). The van der Waals surface area contributed by atoms with Crippen molar-refractivity contribution in [2.75, 3.05) is 5.75 Å². The average molecular weight is 311 g/mol. The predicted molar refractivity (Wildman–Crippen MR) is 83.6 cm³/mol. The van der Waals surface area contributed by atoms with Gasteiger partial charge < -0.3 is 9.67 Å². The second-order valence-electron chi connectivity index (χ2n) is 6.27. The Labute approximate surface area is 130 Å². The van der Waals surface area contributed by atoms with Gasteiger partial charge in [-0.2, -0.15) is 0 Å². The summed E-state index contributed by atoms with van der Waals surface area (Å²) in [7, 11) is 0. The van der Waals surface area contributed by atoms with Gasteiger partial charge in [-0.3, -0.25) is 4.79 Å². The fourth-order valence-electron chi connectivity index (χ4n) is 3.41. The summed E-state index contributed by atoms with van der Waals surface area (Å²) < 4.78 is 2.23. The van der Waals surface area contributed by atoms with E-state index in [9.17, 15) is 4.79 Å². The first kappa shape index (κ1) is 16.3. The lowest BCUT2D eigenvalue weighted by molar-refractivity contribution is -0.133.